The molecule has 0 saturated heterocycles. The van der Waals surface area contributed by atoms with E-state index in [0.717, 1.165) is 5.56 Å². The highest BCUT2D eigenvalue weighted by Crippen LogP contribution is 2.48. The molecule has 0 aromatic heterocycles. The van der Waals surface area contributed by atoms with E-state index in [1.54, 1.807) is 24.1 Å². The monoisotopic (exact) mass is 254 g/mol. The first-order valence-corrected chi connectivity index (χ1v) is 6.26. The van der Waals surface area contributed by atoms with Crippen molar-refractivity contribution >= 4 is 11.6 Å². The van der Waals surface area contributed by atoms with Crippen LogP contribution in [0.2, 0.25) is 0 Å². The molecule has 4 heteroatoms. The molecule has 1 amide bonds. The lowest BCUT2D eigenvalue weighted by atomic mass is 9.61. The quantitative estimate of drug-likeness (QED) is 0.711. The highest BCUT2D eigenvalue weighted by Gasteiger charge is 2.55. The minimum atomic E-state index is -1.16. The average Bonchev–Trinajstić information content (AvgIpc) is 2.45. The third-order valence-corrected chi connectivity index (χ3v) is 4.23. The average molecular weight is 254 g/mol. The summed E-state index contributed by atoms with van der Waals surface area (Å²) in [7, 11) is 1.72. The maximum Gasteiger partial charge on any atom is 0.232 e. The largest absolute Gasteiger partial charge is 0.387 e. The number of hydrogen-bond donors (Lipinski definition) is 1. The molecule has 1 aromatic rings. The SMILES string of the molecule is CN1C(=O)[C@H]2CC=C[C@@H](O)[C@@]2(C#N)c2ccccc21. The van der Waals surface area contributed by atoms with E-state index >= 15 is 0 Å². The predicted molar refractivity (Wildman–Crippen MR) is 70.4 cm³/mol. The van der Waals surface area contributed by atoms with Crippen LogP contribution in [0.15, 0.2) is 36.4 Å². The summed E-state index contributed by atoms with van der Waals surface area (Å²) in [4.78, 5) is 14.0. The Labute approximate surface area is 111 Å². The first-order chi connectivity index (χ1) is 9.13. The van der Waals surface area contributed by atoms with Crippen molar-refractivity contribution in [2.75, 3.05) is 11.9 Å². The number of amides is 1. The maximum absolute atomic E-state index is 12.5. The maximum atomic E-state index is 12.5. The Morgan fingerprint density at radius 2 is 2.21 bits per heavy atom. The van der Waals surface area contributed by atoms with Gasteiger partial charge in [-0.15, -0.1) is 0 Å². The van der Waals surface area contributed by atoms with Crippen LogP contribution in [-0.4, -0.2) is 24.2 Å². The van der Waals surface area contributed by atoms with E-state index in [0.29, 0.717) is 12.1 Å². The number of nitriles is 1. The number of para-hydroxylation sites is 1. The van der Waals surface area contributed by atoms with Crippen molar-refractivity contribution in [3.8, 4) is 6.07 Å². The van der Waals surface area contributed by atoms with E-state index in [9.17, 15) is 15.2 Å². The van der Waals surface area contributed by atoms with Crippen LogP contribution in [0, 0.1) is 17.2 Å². The fourth-order valence-corrected chi connectivity index (χ4v) is 3.20. The van der Waals surface area contributed by atoms with Crippen LogP contribution in [0.5, 0.6) is 0 Å². The van der Waals surface area contributed by atoms with Gasteiger partial charge >= 0.3 is 0 Å². The molecule has 1 aliphatic heterocycles. The van der Waals surface area contributed by atoms with Crippen molar-refractivity contribution in [2.45, 2.75) is 17.9 Å². The van der Waals surface area contributed by atoms with E-state index in [-0.39, 0.29) is 5.91 Å². The van der Waals surface area contributed by atoms with Crippen molar-refractivity contribution in [3.05, 3.63) is 42.0 Å². The van der Waals surface area contributed by atoms with Crippen molar-refractivity contribution in [1.29, 1.82) is 5.26 Å². The lowest BCUT2D eigenvalue weighted by molar-refractivity contribution is -0.125. The second-order valence-electron chi connectivity index (χ2n) is 5.06. The van der Waals surface area contributed by atoms with E-state index in [1.165, 1.54) is 0 Å². The Morgan fingerprint density at radius 3 is 2.95 bits per heavy atom. The van der Waals surface area contributed by atoms with Gasteiger partial charge in [0.05, 0.1) is 18.1 Å². The highest BCUT2D eigenvalue weighted by molar-refractivity contribution is 6.00. The zero-order chi connectivity index (χ0) is 13.6. The van der Waals surface area contributed by atoms with E-state index in [4.69, 9.17) is 0 Å². The summed E-state index contributed by atoms with van der Waals surface area (Å²) >= 11 is 0. The molecular weight excluding hydrogens is 240 g/mol. The zero-order valence-corrected chi connectivity index (χ0v) is 10.6. The summed E-state index contributed by atoms with van der Waals surface area (Å²) in [6, 6.07) is 9.54. The first kappa shape index (κ1) is 11.9. The van der Waals surface area contributed by atoms with Gasteiger partial charge in [0.1, 0.15) is 5.41 Å². The molecule has 1 heterocycles. The molecule has 3 rings (SSSR count). The molecular formula is C15H14N2O2. The standard InChI is InChI=1S/C15H14N2O2/c1-17-12-7-3-2-5-10(12)15(9-16)11(14(17)19)6-4-8-13(15)18/h2-5,7-8,11,13,18H,6H2,1H3/t11-,13-,15+/m1/s1. The number of hydrogen-bond acceptors (Lipinski definition) is 3. The number of rotatable bonds is 0. The molecule has 0 radical (unpaired) electrons. The molecule has 1 aliphatic carbocycles. The number of carbonyl (C=O) groups excluding carboxylic acids is 1. The van der Waals surface area contributed by atoms with Gasteiger partial charge in [-0.05, 0) is 18.1 Å². The van der Waals surface area contributed by atoms with Gasteiger partial charge in [-0.1, -0.05) is 30.4 Å². The molecule has 1 aromatic carbocycles. The van der Waals surface area contributed by atoms with Gasteiger partial charge in [0.15, 0.2) is 0 Å². The second kappa shape index (κ2) is 3.94. The highest BCUT2D eigenvalue weighted by atomic mass is 16.3. The van der Waals surface area contributed by atoms with Crippen molar-refractivity contribution in [3.63, 3.8) is 0 Å². The molecule has 19 heavy (non-hydrogen) atoms. The number of aliphatic hydroxyl groups is 1. The minimum absolute atomic E-state index is 0.108. The molecule has 3 atom stereocenters. The lowest BCUT2D eigenvalue weighted by Gasteiger charge is -2.46. The Kier molecular flexibility index (Phi) is 2.48. The normalized spacial score (nSPS) is 32.5. The van der Waals surface area contributed by atoms with Gasteiger partial charge in [-0.25, -0.2) is 0 Å². The molecule has 0 unspecified atom stereocenters. The van der Waals surface area contributed by atoms with Gasteiger partial charge in [0.25, 0.3) is 0 Å². The van der Waals surface area contributed by atoms with Crippen LogP contribution in [0.25, 0.3) is 0 Å². The number of nitrogens with zero attached hydrogens (tertiary/aromatic N) is 2. The number of anilines is 1. The lowest BCUT2D eigenvalue weighted by Crippen LogP contribution is -2.56. The van der Waals surface area contributed by atoms with Crippen molar-refractivity contribution in [2.24, 2.45) is 5.92 Å². The van der Waals surface area contributed by atoms with E-state index in [2.05, 4.69) is 6.07 Å². The van der Waals surface area contributed by atoms with E-state index in [1.807, 2.05) is 24.3 Å². The van der Waals surface area contributed by atoms with Crippen LogP contribution in [0.3, 0.4) is 0 Å². The summed E-state index contributed by atoms with van der Waals surface area (Å²) in [6.45, 7) is 0. The second-order valence-corrected chi connectivity index (χ2v) is 5.06. The van der Waals surface area contributed by atoms with Crippen LogP contribution in [-0.2, 0) is 10.2 Å². The Bertz CT molecular complexity index is 617. The first-order valence-electron chi connectivity index (χ1n) is 6.26. The van der Waals surface area contributed by atoms with Gasteiger partial charge < -0.3 is 10.0 Å². The predicted octanol–water partition coefficient (Wildman–Crippen LogP) is 1.36. The number of carbonyl (C=O) groups is 1. The Morgan fingerprint density at radius 1 is 1.47 bits per heavy atom. The number of aliphatic hydroxyl groups excluding tert-OH is 1. The van der Waals surface area contributed by atoms with Crippen LogP contribution in [0.1, 0.15) is 12.0 Å². The third-order valence-electron chi connectivity index (χ3n) is 4.23. The molecule has 0 fully saturated rings. The van der Waals surface area contributed by atoms with Crippen LogP contribution >= 0.6 is 0 Å². The molecule has 4 nitrogen and oxygen atoms in total. The fourth-order valence-electron chi connectivity index (χ4n) is 3.20. The number of benzene rings is 1. The summed E-state index contributed by atoms with van der Waals surface area (Å²) in [5.74, 6) is -0.624. The van der Waals surface area contributed by atoms with Crippen LogP contribution in [0.4, 0.5) is 5.69 Å². The van der Waals surface area contributed by atoms with E-state index < -0.39 is 17.4 Å². The summed E-state index contributed by atoms with van der Waals surface area (Å²) in [5.41, 5.74) is 0.288. The molecule has 1 N–H and O–H groups in total. The number of fused-ring (bicyclic) bond motifs is 3. The summed E-state index contributed by atoms with van der Waals surface area (Å²) in [6.07, 6.45) is 2.94. The van der Waals surface area contributed by atoms with Crippen molar-refractivity contribution < 1.29 is 9.90 Å². The fraction of sp³-hybridized carbons (Fsp3) is 0.333. The molecule has 0 spiro atoms. The van der Waals surface area contributed by atoms with Crippen molar-refractivity contribution in [1.82, 2.24) is 0 Å². The third kappa shape index (κ3) is 1.33. The molecule has 0 bridgehead atoms. The zero-order valence-electron chi connectivity index (χ0n) is 10.6. The Hall–Kier alpha value is -2.12. The van der Waals surface area contributed by atoms with Gasteiger partial charge in [-0.2, -0.15) is 5.26 Å². The molecule has 96 valence electrons. The number of allylic oxidation sites excluding steroid dienone is 1. The smallest absolute Gasteiger partial charge is 0.232 e. The van der Waals surface area contributed by atoms with Crippen LogP contribution < -0.4 is 4.90 Å². The topological polar surface area (TPSA) is 64.3 Å². The molecule has 0 saturated carbocycles. The minimum Gasteiger partial charge on any atom is -0.387 e. The summed E-state index contributed by atoms with van der Waals surface area (Å²) < 4.78 is 0. The van der Waals surface area contributed by atoms with Gasteiger partial charge in [-0.3, -0.25) is 4.79 Å². The Balaban J connectivity index is 2.34. The molecule has 2 aliphatic rings. The summed E-state index contributed by atoms with van der Waals surface area (Å²) in [5, 5.41) is 20.0. The van der Waals surface area contributed by atoms with Gasteiger partial charge in [0.2, 0.25) is 5.91 Å². The van der Waals surface area contributed by atoms with Gasteiger partial charge in [0, 0.05) is 12.7 Å².